The van der Waals surface area contributed by atoms with Crippen LogP contribution in [0.3, 0.4) is 0 Å². The number of aromatic nitrogens is 2. The summed E-state index contributed by atoms with van der Waals surface area (Å²) in [6.45, 7) is 0. The molecule has 1 heterocycles. The Bertz CT molecular complexity index is 640. The van der Waals surface area contributed by atoms with Crippen LogP contribution in [0.5, 0.6) is 0 Å². The Labute approximate surface area is 106 Å². The third kappa shape index (κ3) is 2.78. The largest absolute Gasteiger partial charge is 0.379 e. The average Bonchev–Trinajstić information content (AvgIpc) is 2.27. The average molecular weight is 269 g/mol. The van der Waals surface area contributed by atoms with Crippen molar-refractivity contribution in [1.29, 1.82) is 5.41 Å². The zero-order valence-corrected chi connectivity index (χ0v) is 10.2. The van der Waals surface area contributed by atoms with Crippen LogP contribution in [-0.2, 0) is 5.75 Å². The zero-order valence-electron chi connectivity index (χ0n) is 8.66. The molecule has 2 aromatic rings. The number of nitrogens with two attached hydrogens (primary N) is 1. The van der Waals surface area contributed by atoms with E-state index in [4.69, 9.17) is 22.7 Å². The number of halogens is 1. The van der Waals surface area contributed by atoms with Gasteiger partial charge in [0.05, 0.1) is 16.7 Å². The summed E-state index contributed by atoms with van der Waals surface area (Å²) in [4.78, 5) is 18.6. The van der Waals surface area contributed by atoms with Gasteiger partial charge in [0.2, 0.25) is 0 Å². The van der Waals surface area contributed by atoms with Crippen LogP contribution >= 0.6 is 23.4 Å². The number of rotatable bonds is 2. The maximum absolute atomic E-state index is 11.7. The number of hydrogen-bond donors (Lipinski definition) is 3. The zero-order chi connectivity index (χ0) is 12.4. The minimum Gasteiger partial charge on any atom is -0.379 e. The fourth-order valence-corrected chi connectivity index (χ4v) is 1.97. The van der Waals surface area contributed by atoms with Crippen molar-refractivity contribution in [1.82, 2.24) is 9.97 Å². The van der Waals surface area contributed by atoms with Crippen LogP contribution in [0.15, 0.2) is 23.0 Å². The molecule has 0 saturated heterocycles. The molecule has 17 heavy (non-hydrogen) atoms. The van der Waals surface area contributed by atoms with E-state index in [2.05, 4.69) is 9.97 Å². The SMILES string of the molecule is N=C(N)SCc1nc2ccc(Cl)cc2c(=O)[nH]1. The number of amidine groups is 1. The molecule has 0 aliphatic rings. The number of aromatic amines is 1. The first-order chi connectivity index (χ1) is 8.06. The Morgan fingerprint density at radius 3 is 3.06 bits per heavy atom. The molecule has 2 rings (SSSR count). The van der Waals surface area contributed by atoms with Crippen molar-refractivity contribution >= 4 is 39.4 Å². The van der Waals surface area contributed by atoms with Gasteiger partial charge in [-0.1, -0.05) is 23.4 Å². The molecule has 5 nitrogen and oxygen atoms in total. The van der Waals surface area contributed by atoms with Crippen LogP contribution in [-0.4, -0.2) is 15.1 Å². The van der Waals surface area contributed by atoms with Gasteiger partial charge in [0.25, 0.3) is 5.56 Å². The predicted octanol–water partition coefficient (Wildman–Crippen LogP) is 1.70. The monoisotopic (exact) mass is 268 g/mol. The summed E-state index contributed by atoms with van der Waals surface area (Å²) in [5.41, 5.74) is 5.56. The van der Waals surface area contributed by atoms with Gasteiger partial charge in [-0.05, 0) is 18.2 Å². The van der Waals surface area contributed by atoms with E-state index in [9.17, 15) is 4.79 Å². The van der Waals surface area contributed by atoms with Crippen molar-refractivity contribution in [3.63, 3.8) is 0 Å². The number of nitrogens with one attached hydrogen (secondary N) is 2. The van der Waals surface area contributed by atoms with Gasteiger partial charge in [-0.2, -0.15) is 0 Å². The quantitative estimate of drug-likeness (QED) is 0.571. The number of thioether (sulfide) groups is 1. The Morgan fingerprint density at radius 1 is 1.59 bits per heavy atom. The van der Waals surface area contributed by atoms with Crippen LogP contribution < -0.4 is 11.3 Å². The predicted molar refractivity (Wildman–Crippen MR) is 70.6 cm³/mol. The molecular formula is C10H9ClN4OS. The molecule has 0 amide bonds. The summed E-state index contributed by atoms with van der Waals surface area (Å²) >= 11 is 6.91. The molecule has 0 unspecified atom stereocenters. The Balaban J connectivity index is 2.45. The molecule has 0 aliphatic carbocycles. The summed E-state index contributed by atoms with van der Waals surface area (Å²) < 4.78 is 0. The minimum atomic E-state index is -0.239. The van der Waals surface area contributed by atoms with Gasteiger partial charge in [-0.15, -0.1) is 0 Å². The highest BCUT2D eigenvalue weighted by atomic mass is 35.5. The van der Waals surface area contributed by atoms with E-state index in [-0.39, 0.29) is 10.7 Å². The summed E-state index contributed by atoms with van der Waals surface area (Å²) in [5, 5.41) is 8.03. The molecular weight excluding hydrogens is 260 g/mol. The topological polar surface area (TPSA) is 95.6 Å². The number of H-pyrrole nitrogens is 1. The van der Waals surface area contributed by atoms with Gasteiger partial charge in [-0.3, -0.25) is 10.2 Å². The summed E-state index contributed by atoms with van der Waals surface area (Å²) in [6, 6.07) is 4.94. The molecule has 1 aromatic carbocycles. The smallest absolute Gasteiger partial charge is 0.258 e. The highest BCUT2D eigenvalue weighted by Crippen LogP contribution is 2.15. The molecule has 0 spiro atoms. The van der Waals surface area contributed by atoms with Crippen LogP contribution in [0.1, 0.15) is 5.82 Å². The molecule has 1 aromatic heterocycles. The molecule has 0 bridgehead atoms. The molecule has 88 valence electrons. The van der Waals surface area contributed by atoms with Gasteiger partial charge in [0, 0.05) is 5.02 Å². The van der Waals surface area contributed by atoms with E-state index < -0.39 is 0 Å². The Hall–Kier alpha value is -1.53. The van der Waals surface area contributed by atoms with Crippen LogP contribution in [0.2, 0.25) is 5.02 Å². The lowest BCUT2D eigenvalue weighted by Gasteiger charge is -2.02. The van der Waals surface area contributed by atoms with E-state index in [1.54, 1.807) is 18.2 Å². The summed E-state index contributed by atoms with van der Waals surface area (Å²) in [6.07, 6.45) is 0. The van der Waals surface area contributed by atoms with Gasteiger partial charge in [0.15, 0.2) is 5.17 Å². The van der Waals surface area contributed by atoms with Gasteiger partial charge in [0.1, 0.15) is 5.82 Å². The number of hydrogen-bond acceptors (Lipinski definition) is 4. The highest BCUT2D eigenvalue weighted by Gasteiger charge is 2.05. The van der Waals surface area contributed by atoms with Gasteiger partial charge >= 0.3 is 0 Å². The molecule has 7 heteroatoms. The maximum Gasteiger partial charge on any atom is 0.258 e. The normalized spacial score (nSPS) is 10.6. The fourth-order valence-electron chi connectivity index (χ4n) is 1.37. The maximum atomic E-state index is 11.7. The van der Waals surface area contributed by atoms with Crippen LogP contribution in [0, 0.1) is 5.41 Å². The molecule has 0 aliphatic heterocycles. The highest BCUT2D eigenvalue weighted by molar-refractivity contribution is 8.12. The number of benzene rings is 1. The fraction of sp³-hybridized carbons (Fsp3) is 0.100. The van der Waals surface area contributed by atoms with Crippen molar-refractivity contribution < 1.29 is 0 Å². The van der Waals surface area contributed by atoms with E-state index in [1.165, 1.54) is 0 Å². The first kappa shape index (κ1) is 11.9. The molecule has 0 atom stereocenters. The Kier molecular flexibility index (Phi) is 3.35. The van der Waals surface area contributed by atoms with Gasteiger partial charge < -0.3 is 10.7 Å². The third-order valence-corrected chi connectivity index (χ3v) is 3.04. The van der Waals surface area contributed by atoms with Crippen molar-refractivity contribution in [3.05, 3.63) is 39.4 Å². The molecule has 0 fully saturated rings. The first-order valence-electron chi connectivity index (χ1n) is 4.71. The van der Waals surface area contributed by atoms with Crippen molar-refractivity contribution in [3.8, 4) is 0 Å². The van der Waals surface area contributed by atoms with E-state index in [0.29, 0.717) is 27.5 Å². The lowest BCUT2D eigenvalue weighted by atomic mass is 10.2. The lowest BCUT2D eigenvalue weighted by molar-refractivity contribution is 1.04. The first-order valence-corrected chi connectivity index (χ1v) is 6.08. The number of nitrogens with zero attached hydrogens (tertiary/aromatic N) is 1. The molecule has 4 N–H and O–H groups in total. The van der Waals surface area contributed by atoms with Crippen molar-refractivity contribution in [2.75, 3.05) is 0 Å². The lowest BCUT2D eigenvalue weighted by Crippen LogP contribution is -2.12. The van der Waals surface area contributed by atoms with Crippen LogP contribution in [0.4, 0.5) is 0 Å². The van der Waals surface area contributed by atoms with Gasteiger partial charge in [-0.25, -0.2) is 4.98 Å². The van der Waals surface area contributed by atoms with Crippen LogP contribution in [0.25, 0.3) is 10.9 Å². The number of fused-ring (bicyclic) bond motifs is 1. The minimum absolute atomic E-state index is 0.0103. The standard InChI is InChI=1S/C10H9ClN4OS/c11-5-1-2-7-6(3-5)9(16)15-8(14-7)4-17-10(12)13/h1-3H,4H2,(H3,12,13)(H,14,15,16). The van der Waals surface area contributed by atoms with E-state index >= 15 is 0 Å². The van der Waals surface area contributed by atoms with E-state index in [0.717, 1.165) is 11.8 Å². The molecule has 0 saturated carbocycles. The van der Waals surface area contributed by atoms with Crippen molar-refractivity contribution in [2.45, 2.75) is 5.75 Å². The summed E-state index contributed by atoms with van der Waals surface area (Å²) in [7, 11) is 0. The Morgan fingerprint density at radius 2 is 2.35 bits per heavy atom. The second-order valence-electron chi connectivity index (χ2n) is 3.33. The molecule has 0 radical (unpaired) electrons. The summed E-state index contributed by atoms with van der Waals surface area (Å²) in [5.74, 6) is 0.855. The van der Waals surface area contributed by atoms with E-state index in [1.807, 2.05) is 0 Å². The second kappa shape index (κ2) is 4.77. The second-order valence-corrected chi connectivity index (χ2v) is 4.78. The van der Waals surface area contributed by atoms with Crippen molar-refractivity contribution in [2.24, 2.45) is 5.73 Å². The third-order valence-electron chi connectivity index (χ3n) is 2.08.